The van der Waals surface area contributed by atoms with Crippen LogP contribution in [0.25, 0.3) is 16.6 Å². The third-order valence-electron chi connectivity index (χ3n) is 18.8. The third-order valence-corrected chi connectivity index (χ3v) is 20.4. The van der Waals surface area contributed by atoms with Gasteiger partial charge in [0, 0.05) is 117 Å². The van der Waals surface area contributed by atoms with Gasteiger partial charge >= 0.3 is 0 Å². The lowest BCUT2D eigenvalue weighted by Gasteiger charge is -2.39. The van der Waals surface area contributed by atoms with Crippen LogP contribution in [-0.2, 0) is 26.2 Å². The minimum Gasteiger partial charge on any atom is -0.455 e. The van der Waals surface area contributed by atoms with Gasteiger partial charge in [0.15, 0.2) is 0 Å². The highest BCUT2D eigenvalue weighted by Crippen LogP contribution is 2.44. The maximum absolute atomic E-state index is 14.2. The first-order chi connectivity index (χ1) is 44.3. The number of allylic oxidation sites excluding steroid dienone is 1. The Hall–Kier alpha value is -8.13. The molecule has 3 saturated heterocycles. The smallest absolute Gasteiger partial charge is 0.293 e. The standard InChI is InChI=1S/C70H82ClN11O9S/c1-70(2)29-25-52(59(43-70)50-15-17-53(71)18-16-50)46-79-36-38-80(39-37-79)54-19-21-58(64(41-54)91-55-40-51-26-30-72-66(51)74-45-55)67(84)76-92(89,90)56-20-22-61(63(42-56)82(87)88)73-44-48-27-32-78(33-28-48)35-34-77(3)31-10-8-6-4-5-7-9-12-49-13-11-14-57-60(49)47-81(69(57)86)62-23-24-65(83)75-68(62)85/h11,13-22,26,30,40-42,45,48,62,73H,4-8,10,23-25,27-29,31-39,43-44,46-47H2,1-3H3,(H,72,74)(H,76,84)(H,75,83,85). The zero-order valence-corrected chi connectivity index (χ0v) is 54.3. The SMILES string of the molecule is CN(CCCCCCCC#Cc1cccc2c1CN(C1CCC(=O)NC1=O)C2=O)CCN1CCC(CNc2ccc(S(=O)(=O)NC(=O)c3ccc(N4CCN(CC5=C(c6ccc(Cl)cc6)CC(C)(C)CC5)CC4)cc3Oc3cnc4[nH]ccc4c3)cc2[N+](=O)[O-])CC1. The fraction of sp³-hybridized carbons (Fsp3) is 0.443. The first kappa shape index (κ1) is 65.4. The highest BCUT2D eigenvalue weighted by Gasteiger charge is 2.40. The van der Waals surface area contributed by atoms with E-state index in [0.717, 1.165) is 156 Å². The number of aromatic nitrogens is 2. The van der Waals surface area contributed by atoms with Crippen LogP contribution >= 0.6 is 11.6 Å². The van der Waals surface area contributed by atoms with Gasteiger partial charge in [-0.25, -0.2) is 18.1 Å². The second kappa shape index (κ2) is 29.2. The number of rotatable bonds is 24. The number of anilines is 2. The van der Waals surface area contributed by atoms with Gasteiger partial charge in [0.25, 0.3) is 27.5 Å². The van der Waals surface area contributed by atoms with E-state index in [1.54, 1.807) is 41.4 Å². The molecule has 4 N–H and O–H groups in total. The van der Waals surface area contributed by atoms with Gasteiger partial charge in [0.2, 0.25) is 11.8 Å². The van der Waals surface area contributed by atoms with E-state index in [4.69, 9.17) is 16.3 Å². The summed E-state index contributed by atoms with van der Waals surface area (Å²) >= 11 is 6.28. The van der Waals surface area contributed by atoms with Crippen molar-refractivity contribution in [2.45, 2.75) is 115 Å². The first-order valence-corrected chi connectivity index (χ1v) is 34.1. The Morgan fingerprint density at radius 1 is 0.891 bits per heavy atom. The van der Waals surface area contributed by atoms with Gasteiger partial charge in [-0.1, -0.05) is 80.3 Å². The summed E-state index contributed by atoms with van der Waals surface area (Å²) in [7, 11) is -2.45. The number of nitrogens with zero attached hydrogens (tertiary/aromatic N) is 7. The van der Waals surface area contributed by atoms with Crippen molar-refractivity contribution in [2.24, 2.45) is 11.3 Å². The molecule has 1 aliphatic carbocycles. The summed E-state index contributed by atoms with van der Waals surface area (Å²) in [5.41, 5.74) is 7.72. The molecule has 5 aliphatic rings. The van der Waals surface area contributed by atoms with E-state index in [-0.39, 0.29) is 46.6 Å². The molecule has 1 atom stereocenters. The van der Waals surface area contributed by atoms with Crippen LogP contribution in [0.3, 0.4) is 0 Å². The van der Waals surface area contributed by atoms with Crippen molar-refractivity contribution in [1.29, 1.82) is 0 Å². The number of pyridine rings is 1. The van der Waals surface area contributed by atoms with E-state index in [0.29, 0.717) is 49.6 Å². The predicted molar refractivity (Wildman–Crippen MR) is 357 cm³/mol. The maximum atomic E-state index is 14.2. The van der Waals surface area contributed by atoms with Gasteiger partial charge in [0.1, 0.15) is 28.9 Å². The molecule has 0 saturated carbocycles. The van der Waals surface area contributed by atoms with Crippen molar-refractivity contribution >= 4 is 78.9 Å². The van der Waals surface area contributed by atoms with Crippen LogP contribution in [0.2, 0.25) is 5.02 Å². The Balaban J connectivity index is 0.621. The summed E-state index contributed by atoms with van der Waals surface area (Å²) in [4.78, 5) is 81.6. The molecule has 0 radical (unpaired) electrons. The summed E-state index contributed by atoms with van der Waals surface area (Å²) < 4.78 is 36.6. The van der Waals surface area contributed by atoms with Crippen LogP contribution in [0.15, 0.2) is 114 Å². The number of fused-ring (bicyclic) bond motifs is 2. The number of aromatic amines is 1. The molecule has 92 heavy (non-hydrogen) atoms. The van der Waals surface area contributed by atoms with Crippen LogP contribution in [0.1, 0.15) is 135 Å². The molecule has 6 heterocycles. The highest BCUT2D eigenvalue weighted by atomic mass is 35.5. The number of hydrogen-bond acceptors (Lipinski definition) is 15. The van der Waals surface area contributed by atoms with Crippen molar-refractivity contribution < 1.29 is 37.3 Å². The molecule has 2 aromatic heterocycles. The molecule has 22 heteroatoms. The van der Waals surface area contributed by atoms with E-state index >= 15 is 0 Å². The van der Waals surface area contributed by atoms with Crippen molar-refractivity contribution in [3.63, 3.8) is 0 Å². The van der Waals surface area contributed by atoms with E-state index in [1.165, 1.54) is 35.0 Å². The van der Waals surface area contributed by atoms with Gasteiger partial charge in [0.05, 0.1) is 21.6 Å². The Morgan fingerprint density at radius 3 is 2.46 bits per heavy atom. The summed E-state index contributed by atoms with van der Waals surface area (Å²) in [6.07, 6.45) is 15.0. The minimum absolute atomic E-state index is 0.0451. The Kier molecular flexibility index (Phi) is 20.8. The number of piperidine rings is 2. The topological polar surface area (TPSA) is 236 Å². The van der Waals surface area contributed by atoms with Crippen LogP contribution in [0.5, 0.6) is 11.5 Å². The normalized spacial score (nSPS) is 18.2. The Bertz CT molecular complexity index is 3940. The number of sulfonamides is 1. The molecule has 4 aromatic carbocycles. The zero-order valence-electron chi connectivity index (χ0n) is 52.7. The third kappa shape index (κ3) is 16.2. The predicted octanol–water partition coefficient (Wildman–Crippen LogP) is 11.0. The van der Waals surface area contributed by atoms with Crippen molar-refractivity contribution in [3.8, 4) is 23.3 Å². The number of H-pyrrole nitrogens is 1. The van der Waals surface area contributed by atoms with Crippen LogP contribution in [0, 0.1) is 33.3 Å². The lowest BCUT2D eigenvalue weighted by Crippen LogP contribution is -2.52. The van der Waals surface area contributed by atoms with E-state index < -0.39 is 43.4 Å². The van der Waals surface area contributed by atoms with Crippen LogP contribution < -0.4 is 25.0 Å². The number of likely N-dealkylation sites (tertiary alicyclic amines) is 1. The number of imide groups is 1. The first-order valence-electron chi connectivity index (χ1n) is 32.3. The minimum atomic E-state index is -4.61. The number of piperazine rings is 1. The van der Waals surface area contributed by atoms with Gasteiger partial charge in [-0.2, -0.15) is 0 Å². The van der Waals surface area contributed by atoms with Crippen molar-refractivity contribution in [2.75, 3.05) is 89.3 Å². The second-order valence-corrected chi connectivity index (χ2v) is 28.1. The monoisotopic (exact) mass is 1290 g/mol. The second-order valence-electron chi connectivity index (χ2n) is 26.0. The van der Waals surface area contributed by atoms with Crippen molar-refractivity contribution in [1.82, 2.24) is 39.6 Å². The number of carbonyl (C=O) groups excluding carboxylic acids is 4. The number of nitro groups is 1. The summed E-state index contributed by atoms with van der Waals surface area (Å²) in [6, 6.07) is 25.4. The van der Waals surface area contributed by atoms with Crippen LogP contribution in [0.4, 0.5) is 17.1 Å². The Labute approximate surface area is 543 Å². The molecule has 1 unspecified atom stereocenters. The molecule has 11 rings (SSSR count). The molecular formula is C70H82ClN11O9S. The highest BCUT2D eigenvalue weighted by molar-refractivity contribution is 7.90. The molecule has 20 nitrogen and oxygen atoms in total. The molecule has 484 valence electrons. The average Bonchev–Trinajstić information content (AvgIpc) is 1.55. The molecule has 0 spiro atoms. The number of ether oxygens (including phenoxy) is 1. The van der Waals surface area contributed by atoms with Gasteiger partial charge in [-0.3, -0.25) is 39.5 Å². The van der Waals surface area contributed by atoms with E-state index in [2.05, 4.69) is 89.8 Å². The summed E-state index contributed by atoms with van der Waals surface area (Å²) in [5.74, 6) is 5.41. The van der Waals surface area contributed by atoms with Crippen molar-refractivity contribution in [3.05, 3.63) is 152 Å². The maximum Gasteiger partial charge on any atom is 0.293 e. The number of likely N-dealkylation sites (N-methyl/N-ethyl adjacent to an activating group) is 1. The summed E-state index contributed by atoms with van der Waals surface area (Å²) in [5, 5.41) is 19.6. The number of benzene rings is 4. The molecule has 4 amide bonds. The molecule has 0 bridgehead atoms. The number of amides is 4. The Morgan fingerprint density at radius 2 is 1.67 bits per heavy atom. The largest absolute Gasteiger partial charge is 0.455 e. The lowest BCUT2D eigenvalue weighted by molar-refractivity contribution is -0.384. The number of unbranched alkanes of at least 4 members (excludes halogenated alkanes) is 5. The quantitative estimate of drug-likeness (QED) is 0.0145. The molecule has 6 aromatic rings. The summed E-state index contributed by atoms with van der Waals surface area (Å²) in [6.45, 7) is 14.1. The number of nitro benzene ring substituents is 1. The van der Waals surface area contributed by atoms with E-state index in [1.807, 2.05) is 30.3 Å². The lowest BCUT2D eigenvalue weighted by atomic mass is 9.72. The molecule has 4 aliphatic heterocycles. The number of carbonyl (C=O) groups is 4. The number of halogens is 1. The number of nitrogens with one attached hydrogen (secondary N) is 4. The van der Waals surface area contributed by atoms with E-state index in [9.17, 15) is 37.7 Å². The fourth-order valence-corrected chi connectivity index (χ4v) is 14.4. The van der Waals surface area contributed by atoms with Gasteiger partial charge in [-0.05, 0) is 167 Å². The zero-order chi connectivity index (χ0) is 64.5. The fourth-order valence-electron chi connectivity index (χ4n) is 13.3. The van der Waals surface area contributed by atoms with Gasteiger partial charge in [-0.15, -0.1) is 0 Å². The van der Waals surface area contributed by atoms with Gasteiger partial charge < -0.3 is 34.6 Å². The van der Waals surface area contributed by atoms with Crippen LogP contribution in [-0.4, -0.2) is 152 Å². The molecular weight excluding hydrogens is 1210 g/mol. The number of hydrogen-bond donors (Lipinski definition) is 4. The molecule has 3 fully saturated rings. The average molecular weight is 1290 g/mol.